The Bertz CT molecular complexity index is 1150. The van der Waals surface area contributed by atoms with E-state index in [-0.39, 0.29) is 12.5 Å². The average molecular weight is 517 g/mol. The van der Waals surface area contributed by atoms with Crippen LogP contribution in [0.1, 0.15) is 45.4 Å². The average Bonchev–Trinajstić information content (AvgIpc) is 2.94. The van der Waals surface area contributed by atoms with Crippen molar-refractivity contribution in [3.63, 3.8) is 0 Å². The van der Waals surface area contributed by atoms with E-state index in [1.807, 2.05) is 58.9 Å². The van der Waals surface area contributed by atoms with Gasteiger partial charge in [0, 0.05) is 24.1 Å². The van der Waals surface area contributed by atoms with Crippen LogP contribution < -0.4 is 4.74 Å². The molecule has 156 valence electrons. The van der Waals surface area contributed by atoms with Crippen LogP contribution in [0, 0.1) is 22.3 Å². The summed E-state index contributed by atoms with van der Waals surface area (Å²) in [6.07, 6.45) is 2.42. The summed E-state index contributed by atoms with van der Waals surface area (Å²) in [5.41, 5.74) is 1.79. The summed E-state index contributed by atoms with van der Waals surface area (Å²) in [6.45, 7) is 9.45. The van der Waals surface area contributed by atoms with Gasteiger partial charge >= 0.3 is 5.97 Å². The number of halogens is 1. The minimum atomic E-state index is -0.554. The molecule has 0 aliphatic rings. The number of benzene rings is 1. The molecule has 6 nitrogen and oxygen atoms in total. The van der Waals surface area contributed by atoms with Gasteiger partial charge in [-0.15, -0.1) is 0 Å². The van der Waals surface area contributed by atoms with Crippen LogP contribution in [0.4, 0.5) is 0 Å². The molecule has 0 atom stereocenters. The van der Waals surface area contributed by atoms with Crippen LogP contribution >= 0.6 is 22.6 Å². The number of fused-ring (bicyclic) bond motifs is 1. The zero-order valence-electron chi connectivity index (χ0n) is 17.7. The standard InChI is InChI=1S/C23H24IN3O3/c1-6-7-9-16-12-17-15(2)26-27(14-21(28)30-23(3,4)5)19(17)13-20(16)29-22-18(24)10-8-11-25-22/h8,10-13H,6,14H2,1-5H3. The first-order chi connectivity index (χ1) is 14.2. The Morgan fingerprint density at radius 1 is 1.30 bits per heavy atom. The van der Waals surface area contributed by atoms with E-state index in [9.17, 15) is 4.79 Å². The van der Waals surface area contributed by atoms with Crippen molar-refractivity contribution >= 4 is 39.5 Å². The van der Waals surface area contributed by atoms with E-state index in [2.05, 4.69) is 44.5 Å². The van der Waals surface area contributed by atoms with Crippen LogP contribution in [-0.2, 0) is 16.1 Å². The lowest BCUT2D eigenvalue weighted by atomic mass is 10.1. The molecule has 0 saturated carbocycles. The molecule has 0 bridgehead atoms. The largest absolute Gasteiger partial charge is 0.459 e. The van der Waals surface area contributed by atoms with Gasteiger partial charge in [-0.05, 0) is 68.5 Å². The second-order valence-corrected chi connectivity index (χ2v) is 8.90. The summed E-state index contributed by atoms with van der Waals surface area (Å²) in [7, 11) is 0. The molecular weight excluding hydrogens is 493 g/mol. The molecule has 0 radical (unpaired) electrons. The lowest BCUT2D eigenvalue weighted by molar-refractivity contribution is -0.155. The van der Waals surface area contributed by atoms with Gasteiger partial charge in [0.1, 0.15) is 17.9 Å². The van der Waals surface area contributed by atoms with E-state index in [0.29, 0.717) is 11.6 Å². The Hall–Kier alpha value is -2.60. The highest BCUT2D eigenvalue weighted by Gasteiger charge is 2.20. The van der Waals surface area contributed by atoms with Crippen LogP contribution in [-0.4, -0.2) is 26.3 Å². The molecule has 0 amide bonds. The maximum atomic E-state index is 12.4. The van der Waals surface area contributed by atoms with Crippen LogP contribution in [0.15, 0.2) is 30.5 Å². The number of hydrogen-bond donors (Lipinski definition) is 0. The third-order valence-electron chi connectivity index (χ3n) is 4.07. The van der Waals surface area contributed by atoms with Gasteiger partial charge in [-0.2, -0.15) is 5.10 Å². The van der Waals surface area contributed by atoms with Gasteiger partial charge in [-0.3, -0.25) is 9.48 Å². The van der Waals surface area contributed by atoms with Crippen molar-refractivity contribution in [1.82, 2.24) is 14.8 Å². The molecule has 0 aliphatic heterocycles. The number of carbonyl (C=O) groups is 1. The third kappa shape index (κ3) is 5.30. The Balaban J connectivity index is 2.07. The number of nitrogens with zero attached hydrogens (tertiary/aromatic N) is 3. The van der Waals surface area contributed by atoms with Crippen LogP contribution in [0.5, 0.6) is 11.6 Å². The predicted octanol–water partition coefficient (Wildman–Crippen LogP) is 5.24. The summed E-state index contributed by atoms with van der Waals surface area (Å²) in [4.78, 5) is 16.7. The molecule has 0 saturated heterocycles. The second-order valence-electron chi connectivity index (χ2n) is 7.74. The Morgan fingerprint density at radius 2 is 2.07 bits per heavy atom. The number of aryl methyl sites for hydroxylation is 1. The van der Waals surface area contributed by atoms with Gasteiger partial charge in [-0.25, -0.2) is 4.98 Å². The normalized spacial score (nSPS) is 11.1. The van der Waals surface area contributed by atoms with Crippen molar-refractivity contribution in [3.8, 4) is 23.5 Å². The highest BCUT2D eigenvalue weighted by atomic mass is 127. The van der Waals surface area contributed by atoms with E-state index in [1.54, 1.807) is 10.9 Å². The smallest absolute Gasteiger partial charge is 0.328 e. The molecule has 3 rings (SSSR count). The van der Waals surface area contributed by atoms with E-state index in [1.165, 1.54) is 0 Å². The number of aromatic nitrogens is 3. The highest BCUT2D eigenvalue weighted by molar-refractivity contribution is 14.1. The number of ether oxygens (including phenoxy) is 2. The van der Waals surface area contributed by atoms with Crippen molar-refractivity contribution in [2.75, 3.05) is 0 Å². The Labute approximate surface area is 190 Å². The van der Waals surface area contributed by atoms with Crippen molar-refractivity contribution in [3.05, 3.63) is 45.3 Å². The van der Waals surface area contributed by atoms with Gasteiger partial charge in [0.25, 0.3) is 0 Å². The molecule has 2 aromatic heterocycles. The summed E-state index contributed by atoms with van der Waals surface area (Å²) in [6, 6.07) is 7.60. The minimum Gasteiger partial charge on any atom is -0.459 e. The van der Waals surface area contributed by atoms with Gasteiger partial charge in [0.05, 0.1) is 20.3 Å². The number of esters is 1. The molecule has 30 heavy (non-hydrogen) atoms. The first-order valence-corrected chi connectivity index (χ1v) is 10.8. The first-order valence-electron chi connectivity index (χ1n) is 9.68. The van der Waals surface area contributed by atoms with Gasteiger partial charge in [0.15, 0.2) is 0 Å². The minimum absolute atomic E-state index is 0.0160. The fraction of sp³-hybridized carbons (Fsp3) is 0.348. The molecule has 0 N–H and O–H groups in total. The molecule has 3 aromatic rings. The lowest BCUT2D eigenvalue weighted by Gasteiger charge is -2.19. The Kier molecular flexibility index (Phi) is 6.66. The van der Waals surface area contributed by atoms with Crippen LogP contribution in [0.25, 0.3) is 10.9 Å². The molecule has 2 heterocycles. The predicted molar refractivity (Wildman–Crippen MR) is 125 cm³/mol. The quantitative estimate of drug-likeness (QED) is 0.269. The van der Waals surface area contributed by atoms with Crippen LogP contribution in [0.3, 0.4) is 0 Å². The van der Waals surface area contributed by atoms with Gasteiger partial charge in [0.2, 0.25) is 5.88 Å². The fourth-order valence-electron chi connectivity index (χ4n) is 2.89. The number of pyridine rings is 1. The maximum Gasteiger partial charge on any atom is 0.328 e. The monoisotopic (exact) mass is 517 g/mol. The summed E-state index contributed by atoms with van der Waals surface area (Å²) in [5.74, 6) is 7.01. The summed E-state index contributed by atoms with van der Waals surface area (Å²) in [5, 5.41) is 5.46. The topological polar surface area (TPSA) is 66.2 Å². The zero-order valence-corrected chi connectivity index (χ0v) is 19.9. The molecular formula is C23H24IN3O3. The SMILES string of the molecule is CCC#Cc1cc2c(C)nn(CC(=O)OC(C)(C)C)c2cc1Oc1ncccc1I. The second kappa shape index (κ2) is 9.04. The van der Waals surface area contributed by atoms with Crippen LogP contribution in [0.2, 0.25) is 0 Å². The van der Waals surface area contributed by atoms with Crippen molar-refractivity contribution in [2.24, 2.45) is 0 Å². The molecule has 0 unspecified atom stereocenters. The first kappa shape index (κ1) is 22.1. The van der Waals surface area contributed by atoms with Gasteiger partial charge < -0.3 is 9.47 Å². The number of carbonyl (C=O) groups excluding carboxylic acids is 1. The maximum absolute atomic E-state index is 12.4. The summed E-state index contributed by atoms with van der Waals surface area (Å²) < 4.78 is 14.1. The molecule has 7 heteroatoms. The molecule has 0 aliphatic carbocycles. The molecule has 0 fully saturated rings. The van der Waals surface area contributed by atoms with E-state index in [0.717, 1.165) is 32.2 Å². The zero-order chi connectivity index (χ0) is 21.9. The summed E-state index contributed by atoms with van der Waals surface area (Å²) >= 11 is 2.18. The van der Waals surface area contributed by atoms with Gasteiger partial charge in [-0.1, -0.05) is 18.8 Å². The molecule has 1 aromatic carbocycles. The van der Waals surface area contributed by atoms with Crippen molar-refractivity contribution in [2.45, 2.75) is 53.2 Å². The van der Waals surface area contributed by atoms with Crippen molar-refractivity contribution in [1.29, 1.82) is 0 Å². The number of hydrogen-bond acceptors (Lipinski definition) is 5. The molecule has 0 spiro atoms. The van der Waals surface area contributed by atoms with E-state index >= 15 is 0 Å². The number of rotatable bonds is 4. The fourth-order valence-corrected chi connectivity index (χ4v) is 3.35. The third-order valence-corrected chi connectivity index (χ3v) is 4.89. The van der Waals surface area contributed by atoms with E-state index in [4.69, 9.17) is 9.47 Å². The van der Waals surface area contributed by atoms with E-state index < -0.39 is 5.60 Å². The highest BCUT2D eigenvalue weighted by Crippen LogP contribution is 2.32. The lowest BCUT2D eigenvalue weighted by Crippen LogP contribution is -2.26. The Morgan fingerprint density at radius 3 is 2.73 bits per heavy atom. The van der Waals surface area contributed by atoms with Crippen molar-refractivity contribution < 1.29 is 14.3 Å².